The number of nitrogens with one attached hydrogen (secondary N) is 3. The SMILES string of the molecule is CC1CCN(c2nc(C3CC(=O)NC(=O)C3)ccc2NC(=O)c2nc(C#N)c[nH]2)CC1. The molecule has 10 heteroatoms. The first-order chi connectivity index (χ1) is 14.9. The highest BCUT2D eigenvalue weighted by atomic mass is 16.2. The zero-order chi connectivity index (χ0) is 22.0. The van der Waals surface area contributed by atoms with Gasteiger partial charge in [-0.05, 0) is 30.9 Å². The Bertz CT molecular complexity index is 1050. The Morgan fingerprint density at radius 1 is 1.19 bits per heavy atom. The van der Waals surface area contributed by atoms with Crippen LogP contribution in [-0.4, -0.2) is 45.8 Å². The highest BCUT2D eigenvalue weighted by Gasteiger charge is 2.29. The van der Waals surface area contributed by atoms with Crippen LogP contribution in [0.3, 0.4) is 0 Å². The number of hydrogen-bond acceptors (Lipinski definition) is 7. The quantitative estimate of drug-likeness (QED) is 0.637. The van der Waals surface area contributed by atoms with Gasteiger partial charge in [-0.1, -0.05) is 6.92 Å². The molecule has 0 aromatic carbocycles. The van der Waals surface area contributed by atoms with E-state index in [1.54, 1.807) is 12.1 Å². The standard InChI is InChI=1S/C21H23N7O3/c1-12-4-6-28(7-5-12)20-16(26-21(31)19-23-11-14(10-22)24-19)3-2-15(25-20)13-8-17(29)27-18(30)9-13/h2-3,11-13H,4-9H2,1H3,(H,23,24)(H,26,31)(H,27,29,30). The van der Waals surface area contributed by atoms with Crippen LogP contribution in [0.1, 0.15) is 60.5 Å². The summed E-state index contributed by atoms with van der Waals surface area (Å²) < 4.78 is 0. The maximum absolute atomic E-state index is 12.6. The topological polar surface area (TPSA) is 144 Å². The van der Waals surface area contributed by atoms with Crippen LogP contribution >= 0.6 is 0 Å². The number of piperidine rings is 2. The minimum absolute atomic E-state index is 0.0355. The number of carbonyl (C=O) groups excluding carboxylic acids is 3. The zero-order valence-corrected chi connectivity index (χ0v) is 17.1. The molecular weight excluding hydrogens is 398 g/mol. The van der Waals surface area contributed by atoms with Crippen LogP contribution in [0.15, 0.2) is 18.3 Å². The summed E-state index contributed by atoms with van der Waals surface area (Å²) in [6, 6.07) is 5.37. The van der Waals surface area contributed by atoms with Gasteiger partial charge in [-0.25, -0.2) is 9.97 Å². The minimum Gasteiger partial charge on any atom is -0.355 e. The van der Waals surface area contributed by atoms with E-state index in [4.69, 9.17) is 10.2 Å². The minimum atomic E-state index is -0.477. The number of imidazole rings is 1. The van der Waals surface area contributed by atoms with E-state index >= 15 is 0 Å². The van der Waals surface area contributed by atoms with Crippen molar-refractivity contribution in [3.05, 3.63) is 35.5 Å². The number of imide groups is 1. The molecule has 31 heavy (non-hydrogen) atoms. The number of aromatic nitrogens is 3. The van der Waals surface area contributed by atoms with Gasteiger partial charge in [0.2, 0.25) is 11.8 Å². The summed E-state index contributed by atoms with van der Waals surface area (Å²) in [7, 11) is 0. The number of nitriles is 1. The maximum atomic E-state index is 12.6. The molecule has 10 nitrogen and oxygen atoms in total. The third-order valence-electron chi connectivity index (χ3n) is 5.70. The predicted molar refractivity (Wildman–Crippen MR) is 111 cm³/mol. The summed E-state index contributed by atoms with van der Waals surface area (Å²) >= 11 is 0. The van der Waals surface area contributed by atoms with Crippen molar-refractivity contribution in [1.29, 1.82) is 5.26 Å². The van der Waals surface area contributed by atoms with Crippen molar-refractivity contribution in [3.63, 3.8) is 0 Å². The smallest absolute Gasteiger partial charge is 0.291 e. The van der Waals surface area contributed by atoms with E-state index in [9.17, 15) is 14.4 Å². The number of H-pyrrole nitrogens is 1. The van der Waals surface area contributed by atoms with Crippen molar-refractivity contribution < 1.29 is 14.4 Å². The number of pyridine rings is 1. The fourth-order valence-electron chi connectivity index (χ4n) is 3.91. The Hall–Kier alpha value is -3.74. The van der Waals surface area contributed by atoms with Crippen LogP contribution in [0.4, 0.5) is 11.5 Å². The molecular formula is C21H23N7O3. The molecule has 2 aliphatic heterocycles. The number of aromatic amines is 1. The molecule has 160 valence electrons. The van der Waals surface area contributed by atoms with Crippen LogP contribution in [-0.2, 0) is 9.59 Å². The predicted octanol–water partition coefficient (Wildman–Crippen LogP) is 1.69. The molecule has 0 saturated carbocycles. The van der Waals surface area contributed by atoms with Crippen molar-refractivity contribution in [2.45, 2.75) is 38.5 Å². The van der Waals surface area contributed by atoms with Gasteiger partial charge >= 0.3 is 0 Å². The molecule has 3 amide bonds. The second-order valence-electron chi connectivity index (χ2n) is 8.05. The molecule has 2 aliphatic rings. The molecule has 4 heterocycles. The molecule has 2 aromatic heterocycles. The van der Waals surface area contributed by atoms with E-state index in [1.165, 1.54) is 6.20 Å². The summed E-state index contributed by atoms with van der Waals surface area (Å²) in [6.45, 7) is 3.80. The number of anilines is 2. The molecule has 3 N–H and O–H groups in total. The average molecular weight is 421 g/mol. The first-order valence-electron chi connectivity index (χ1n) is 10.3. The summed E-state index contributed by atoms with van der Waals surface area (Å²) in [6.07, 6.45) is 3.78. The Balaban J connectivity index is 1.63. The molecule has 0 spiro atoms. The fraction of sp³-hybridized carbons (Fsp3) is 0.429. The molecule has 2 aromatic rings. The Morgan fingerprint density at radius 2 is 1.90 bits per heavy atom. The average Bonchev–Trinajstić information content (AvgIpc) is 3.23. The molecule has 0 radical (unpaired) electrons. The zero-order valence-electron chi connectivity index (χ0n) is 17.1. The molecule has 0 aliphatic carbocycles. The summed E-state index contributed by atoms with van der Waals surface area (Å²) in [5.41, 5.74) is 1.30. The lowest BCUT2D eigenvalue weighted by molar-refractivity contribution is -0.133. The van der Waals surface area contributed by atoms with Gasteiger partial charge in [-0.15, -0.1) is 0 Å². The number of rotatable bonds is 4. The molecule has 0 unspecified atom stereocenters. The lowest BCUT2D eigenvalue weighted by Gasteiger charge is -2.33. The van der Waals surface area contributed by atoms with E-state index in [0.29, 0.717) is 23.1 Å². The van der Waals surface area contributed by atoms with Crippen LogP contribution in [0.5, 0.6) is 0 Å². The Morgan fingerprint density at radius 3 is 2.55 bits per heavy atom. The molecule has 0 bridgehead atoms. The normalized spacial score (nSPS) is 17.9. The van der Waals surface area contributed by atoms with Gasteiger partial charge in [0.1, 0.15) is 6.07 Å². The van der Waals surface area contributed by atoms with E-state index in [0.717, 1.165) is 25.9 Å². The van der Waals surface area contributed by atoms with Crippen molar-refractivity contribution in [2.24, 2.45) is 5.92 Å². The molecule has 4 rings (SSSR count). The van der Waals surface area contributed by atoms with Crippen molar-refractivity contribution in [2.75, 3.05) is 23.3 Å². The third kappa shape index (κ3) is 4.55. The Labute approximate surface area is 179 Å². The van der Waals surface area contributed by atoms with Gasteiger partial charge in [0, 0.05) is 43.7 Å². The van der Waals surface area contributed by atoms with Gasteiger partial charge in [0.05, 0.1) is 5.69 Å². The van der Waals surface area contributed by atoms with Crippen molar-refractivity contribution in [3.8, 4) is 6.07 Å². The lowest BCUT2D eigenvalue weighted by atomic mass is 9.93. The summed E-state index contributed by atoms with van der Waals surface area (Å²) in [5, 5.41) is 14.1. The number of amides is 3. The van der Waals surface area contributed by atoms with Gasteiger partial charge in [-0.3, -0.25) is 19.7 Å². The first-order valence-corrected chi connectivity index (χ1v) is 10.3. The monoisotopic (exact) mass is 421 g/mol. The number of hydrogen-bond donors (Lipinski definition) is 3. The summed E-state index contributed by atoms with van der Waals surface area (Å²) in [4.78, 5) is 49.8. The van der Waals surface area contributed by atoms with Crippen LogP contribution in [0.2, 0.25) is 0 Å². The molecule has 2 fully saturated rings. The van der Waals surface area contributed by atoms with E-state index in [1.807, 2.05) is 6.07 Å². The van der Waals surface area contributed by atoms with Crippen LogP contribution in [0, 0.1) is 17.2 Å². The summed E-state index contributed by atoms with van der Waals surface area (Å²) in [5.74, 6) is -0.118. The third-order valence-corrected chi connectivity index (χ3v) is 5.70. The second kappa shape index (κ2) is 8.55. The van der Waals surface area contributed by atoms with E-state index in [-0.39, 0.29) is 42.1 Å². The highest BCUT2D eigenvalue weighted by Crippen LogP contribution is 2.33. The van der Waals surface area contributed by atoms with Gasteiger partial charge in [0.15, 0.2) is 17.3 Å². The molecule has 2 saturated heterocycles. The van der Waals surface area contributed by atoms with Crippen molar-refractivity contribution in [1.82, 2.24) is 20.3 Å². The van der Waals surface area contributed by atoms with Crippen molar-refractivity contribution >= 4 is 29.2 Å². The first kappa shape index (κ1) is 20.5. The highest BCUT2D eigenvalue weighted by molar-refractivity contribution is 6.03. The van der Waals surface area contributed by atoms with Gasteiger partial charge < -0.3 is 15.2 Å². The number of nitrogens with zero attached hydrogens (tertiary/aromatic N) is 4. The van der Waals surface area contributed by atoms with Crippen LogP contribution < -0.4 is 15.5 Å². The second-order valence-corrected chi connectivity index (χ2v) is 8.05. The van der Waals surface area contributed by atoms with E-state index in [2.05, 4.69) is 32.4 Å². The van der Waals surface area contributed by atoms with Gasteiger partial charge in [0.25, 0.3) is 5.91 Å². The maximum Gasteiger partial charge on any atom is 0.291 e. The largest absolute Gasteiger partial charge is 0.355 e. The van der Waals surface area contributed by atoms with Gasteiger partial charge in [-0.2, -0.15) is 5.26 Å². The number of carbonyl (C=O) groups is 3. The Kier molecular flexibility index (Phi) is 5.66. The lowest BCUT2D eigenvalue weighted by Crippen LogP contribution is -2.38. The molecule has 0 atom stereocenters. The fourth-order valence-corrected chi connectivity index (χ4v) is 3.91. The van der Waals surface area contributed by atoms with E-state index < -0.39 is 5.91 Å². The van der Waals surface area contributed by atoms with Crippen LogP contribution in [0.25, 0.3) is 0 Å².